The highest BCUT2D eigenvalue weighted by Gasteiger charge is 2.28. The smallest absolute Gasteiger partial charge is 0.225 e. The summed E-state index contributed by atoms with van der Waals surface area (Å²) in [6.45, 7) is 0.548. The summed E-state index contributed by atoms with van der Waals surface area (Å²) in [5.41, 5.74) is 1.03. The van der Waals surface area contributed by atoms with Gasteiger partial charge in [0, 0.05) is 19.2 Å². The highest BCUT2D eigenvalue weighted by Crippen LogP contribution is 2.28. The SMILES string of the molecule is CN(Cc1nc(Br)c2ccccn12)C(=O)C1CCC1. The minimum absolute atomic E-state index is 0.236. The first-order chi connectivity index (χ1) is 9.16. The molecule has 3 rings (SSSR count). The van der Waals surface area contributed by atoms with Gasteiger partial charge in [0.1, 0.15) is 10.4 Å². The third-order valence-electron chi connectivity index (χ3n) is 3.79. The topological polar surface area (TPSA) is 37.6 Å². The van der Waals surface area contributed by atoms with E-state index in [1.54, 1.807) is 4.90 Å². The summed E-state index contributed by atoms with van der Waals surface area (Å²) in [7, 11) is 1.86. The largest absolute Gasteiger partial charge is 0.338 e. The first kappa shape index (κ1) is 12.7. The van der Waals surface area contributed by atoms with E-state index in [0.29, 0.717) is 6.54 Å². The van der Waals surface area contributed by atoms with Crippen LogP contribution < -0.4 is 0 Å². The third kappa shape index (κ3) is 2.27. The van der Waals surface area contributed by atoms with Crippen molar-refractivity contribution >= 4 is 27.4 Å². The van der Waals surface area contributed by atoms with Gasteiger partial charge < -0.3 is 9.30 Å². The second-order valence-corrected chi connectivity index (χ2v) is 5.85. The Labute approximate surface area is 120 Å². The van der Waals surface area contributed by atoms with Gasteiger partial charge in [-0.25, -0.2) is 4.98 Å². The molecule has 2 heterocycles. The third-order valence-corrected chi connectivity index (χ3v) is 4.37. The number of pyridine rings is 1. The molecule has 5 heteroatoms. The van der Waals surface area contributed by atoms with Crippen LogP contribution in [0.4, 0.5) is 0 Å². The van der Waals surface area contributed by atoms with Gasteiger partial charge in [0.2, 0.25) is 5.91 Å². The predicted molar refractivity (Wildman–Crippen MR) is 76.7 cm³/mol. The van der Waals surface area contributed by atoms with E-state index < -0.39 is 0 Å². The predicted octanol–water partition coefficient (Wildman–Crippen LogP) is 2.86. The minimum Gasteiger partial charge on any atom is -0.338 e. The van der Waals surface area contributed by atoms with Crippen LogP contribution in [0.25, 0.3) is 5.52 Å². The number of carbonyl (C=O) groups is 1. The van der Waals surface area contributed by atoms with Crippen molar-refractivity contribution in [1.82, 2.24) is 14.3 Å². The molecule has 0 aliphatic heterocycles. The number of fused-ring (bicyclic) bond motifs is 1. The van der Waals surface area contributed by atoms with E-state index in [0.717, 1.165) is 28.8 Å². The number of halogens is 1. The molecule has 4 nitrogen and oxygen atoms in total. The van der Waals surface area contributed by atoms with Gasteiger partial charge in [-0.3, -0.25) is 4.79 Å². The maximum absolute atomic E-state index is 12.1. The van der Waals surface area contributed by atoms with Gasteiger partial charge in [0.25, 0.3) is 0 Å². The van der Waals surface area contributed by atoms with E-state index in [4.69, 9.17) is 0 Å². The molecule has 2 aromatic heterocycles. The zero-order valence-corrected chi connectivity index (χ0v) is 12.4. The van der Waals surface area contributed by atoms with Gasteiger partial charge in [0.15, 0.2) is 0 Å². The number of carbonyl (C=O) groups excluding carboxylic acids is 1. The lowest BCUT2D eigenvalue weighted by Crippen LogP contribution is -2.36. The van der Waals surface area contributed by atoms with Crippen LogP contribution in [0.2, 0.25) is 0 Å². The lowest BCUT2D eigenvalue weighted by Gasteiger charge is -2.28. The summed E-state index contributed by atoms with van der Waals surface area (Å²) in [5, 5.41) is 0. The summed E-state index contributed by atoms with van der Waals surface area (Å²) in [4.78, 5) is 18.4. The van der Waals surface area contributed by atoms with Crippen molar-refractivity contribution in [1.29, 1.82) is 0 Å². The second kappa shape index (κ2) is 4.96. The van der Waals surface area contributed by atoms with E-state index in [-0.39, 0.29) is 11.8 Å². The summed E-state index contributed by atoms with van der Waals surface area (Å²) in [6, 6.07) is 5.96. The standard InChI is InChI=1S/C14H16BrN3O/c1-17(14(19)10-5-4-6-10)9-12-16-13(15)11-7-2-3-8-18(11)12/h2-3,7-8,10H,4-6,9H2,1H3. The number of nitrogens with zero attached hydrogens (tertiary/aromatic N) is 3. The van der Waals surface area contributed by atoms with Crippen LogP contribution in [-0.2, 0) is 11.3 Å². The monoisotopic (exact) mass is 321 g/mol. The van der Waals surface area contributed by atoms with Crippen molar-refractivity contribution in [2.45, 2.75) is 25.8 Å². The van der Waals surface area contributed by atoms with Crippen molar-refractivity contribution in [3.63, 3.8) is 0 Å². The zero-order valence-electron chi connectivity index (χ0n) is 10.8. The summed E-state index contributed by atoms with van der Waals surface area (Å²) >= 11 is 3.46. The summed E-state index contributed by atoms with van der Waals surface area (Å²) < 4.78 is 2.85. The summed E-state index contributed by atoms with van der Waals surface area (Å²) in [5.74, 6) is 1.37. The molecule has 1 aliphatic rings. The molecule has 1 saturated carbocycles. The molecule has 0 atom stereocenters. The fourth-order valence-electron chi connectivity index (χ4n) is 2.43. The number of hydrogen-bond acceptors (Lipinski definition) is 2. The van der Waals surface area contributed by atoms with Crippen LogP contribution in [0.1, 0.15) is 25.1 Å². The quantitative estimate of drug-likeness (QED) is 0.871. The van der Waals surface area contributed by atoms with Gasteiger partial charge >= 0.3 is 0 Å². The molecule has 0 radical (unpaired) electrons. The molecule has 0 unspecified atom stereocenters. The van der Waals surface area contributed by atoms with Crippen molar-refractivity contribution in [3.05, 3.63) is 34.8 Å². The van der Waals surface area contributed by atoms with E-state index in [9.17, 15) is 4.79 Å². The van der Waals surface area contributed by atoms with Gasteiger partial charge in [-0.2, -0.15) is 0 Å². The van der Waals surface area contributed by atoms with Crippen LogP contribution in [0.15, 0.2) is 29.0 Å². The average Bonchev–Trinajstić information content (AvgIpc) is 2.65. The average molecular weight is 322 g/mol. The fourth-order valence-corrected chi connectivity index (χ4v) is 2.96. The van der Waals surface area contributed by atoms with E-state index in [1.807, 2.05) is 35.8 Å². The van der Waals surface area contributed by atoms with Crippen LogP contribution in [0, 0.1) is 5.92 Å². The number of amides is 1. The normalized spacial score (nSPS) is 15.5. The van der Waals surface area contributed by atoms with Crippen molar-refractivity contribution in [3.8, 4) is 0 Å². The molecule has 1 fully saturated rings. The Bertz CT molecular complexity index is 618. The fraction of sp³-hybridized carbons (Fsp3) is 0.429. The first-order valence-corrected chi connectivity index (χ1v) is 7.32. The van der Waals surface area contributed by atoms with Crippen molar-refractivity contribution in [2.75, 3.05) is 7.05 Å². The Kier molecular flexibility index (Phi) is 3.31. The molecule has 0 N–H and O–H groups in total. The molecular formula is C14H16BrN3O. The Hall–Kier alpha value is -1.36. The lowest BCUT2D eigenvalue weighted by atomic mass is 9.84. The molecule has 19 heavy (non-hydrogen) atoms. The molecule has 1 amide bonds. The van der Waals surface area contributed by atoms with E-state index in [1.165, 1.54) is 6.42 Å². The molecule has 0 aromatic carbocycles. The van der Waals surface area contributed by atoms with E-state index >= 15 is 0 Å². The van der Waals surface area contributed by atoms with Crippen LogP contribution >= 0.6 is 15.9 Å². The van der Waals surface area contributed by atoms with Gasteiger partial charge in [0.05, 0.1) is 12.1 Å². The number of hydrogen-bond donors (Lipinski definition) is 0. The van der Waals surface area contributed by atoms with Crippen LogP contribution in [-0.4, -0.2) is 27.2 Å². The molecule has 1 aliphatic carbocycles. The highest BCUT2D eigenvalue weighted by atomic mass is 79.9. The maximum Gasteiger partial charge on any atom is 0.225 e. The number of rotatable bonds is 3. The molecule has 100 valence electrons. The van der Waals surface area contributed by atoms with Crippen LogP contribution in [0.5, 0.6) is 0 Å². The molecular weight excluding hydrogens is 306 g/mol. The molecule has 0 saturated heterocycles. The van der Waals surface area contributed by atoms with Gasteiger partial charge in [-0.1, -0.05) is 12.5 Å². The van der Waals surface area contributed by atoms with E-state index in [2.05, 4.69) is 20.9 Å². The summed E-state index contributed by atoms with van der Waals surface area (Å²) in [6.07, 6.45) is 5.23. The molecule has 0 spiro atoms. The van der Waals surface area contributed by atoms with Gasteiger partial charge in [-0.05, 0) is 40.9 Å². The Balaban J connectivity index is 1.83. The Morgan fingerprint density at radius 1 is 1.53 bits per heavy atom. The highest BCUT2D eigenvalue weighted by molar-refractivity contribution is 9.10. The second-order valence-electron chi connectivity index (χ2n) is 5.10. The van der Waals surface area contributed by atoms with Crippen molar-refractivity contribution < 1.29 is 4.79 Å². The Morgan fingerprint density at radius 3 is 3.00 bits per heavy atom. The van der Waals surface area contributed by atoms with Gasteiger partial charge in [-0.15, -0.1) is 0 Å². The first-order valence-electron chi connectivity index (χ1n) is 6.53. The lowest BCUT2D eigenvalue weighted by molar-refractivity contribution is -0.137. The number of imidazole rings is 1. The molecule has 2 aromatic rings. The van der Waals surface area contributed by atoms with Crippen molar-refractivity contribution in [2.24, 2.45) is 5.92 Å². The van der Waals surface area contributed by atoms with Crippen LogP contribution in [0.3, 0.4) is 0 Å². The number of aromatic nitrogens is 2. The molecule has 0 bridgehead atoms. The Morgan fingerprint density at radius 2 is 2.32 bits per heavy atom. The minimum atomic E-state index is 0.236. The maximum atomic E-state index is 12.1. The zero-order chi connectivity index (χ0) is 13.4.